The summed E-state index contributed by atoms with van der Waals surface area (Å²) < 4.78 is 17.8. The Kier molecular flexibility index (Phi) is 23.2. The van der Waals surface area contributed by atoms with Crippen LogP contribution in [-0.4, -0.2) is 0 Å². The van der Waals surface area contributed by atoms with Gasteiger partial charge in [-0.25, -0.2) is 36.5 Å². The van der Waals surface area contributed by atoms with E-state index in [4.69, 9.17) is 0 Å². The van der Waals surface area contributed by atoms with Crippen LogP contribution in [0.5, 0.6) is 0 Å². The monoisotopic (exact) mass is 1400 g/mol. The van der Waals surface area contributed by atoms with E-state index in [1.54, 1.807) is 0 Å². The van der Waals surface area contributed by atoms with E-state index in [0.29, 0.717) is 5.41 Å². The maximum atomic E-state index is 2.39. The molecule has 0 unspecified atom stereocenters. The molecule has 8 heteroatoms. The number of fused-ring (bicyclic) bond motifs is 3. The maximum absolute atomic E-state index is 2.39. The molecule has 0 bridgehead atoms. The van der Waals surface area contributed by atoms with Crippen molar-refractivity contribution in [2.45, 2.75) is 148 Å². The Hall–Kier alpha value is -9.92. The topological polar surface area (TPSA) is 31.0 Å². The Balaban J connectivity index is 0.000000150. The molecule has 0 saturated heterocycles. The van der Waals surface area contributed by atoms with Gasteiger partial charge in [0.25, 0.3) is 0 Å². The molecule has 8 aromatic heterocycles. The lowest BCUT2D eigenvalue weighted by atomic mass is 9.55. The van der Waals surface area contributed by atoms with E-state index in [2.05, 4.69) is 448 Å². The quantitative estimate of drug-likeness (QED) is 0.122. The van der Waals surface area contributed by atoms with Gasteiger partial charge >= 0.3 is 0 Å². The van der Waals surface area contributed by atoms with Crippen LogP contribution in [0, 0.1) is 43.9 Å². The highest BCUT2D eigenvalue weighted by Crippen LogP contribution is 2.54. The molecule has 1 aliphatic rings. The van der Waals surface area contributed by atoms with Crippen LogP contribution in [0.15, 0.2) is 238 Å². The van der Waals surface area contributed by atoms with Crippen molar-refractivity contribution in [2.75, 3.05) is 0 Å². The van der Waals surface area contributed by atoms with E-state index in [1.165, 1.54) is 140 Å². The van der Waals surface area contributed by atoms with Crippen molar-refractivity contribution in [1.82, 2.24) is 0 Å². The summed E-state index contributed by atoms with van der Waals surface area (Å²) in [5, 5.41) is 0. The van der Waals surface area contributed by atoms with Crippen LogP contribution in [0.1, 0.15) is 140 Å². The van der Waals surface area contributed by atoms with E-state index < -0.39 is 0 Å². The molecule has 0 atom stereocenters. The van der Waals surface area contributed by atoms with Gasteiger partial charge in [-0.05, 0) is 186 Å². The van der Waals surface area contributed by atoms with Gasteiger partial charge in [-0.1, -0.05) is 114 Å². The number of rotatable bonds is 10. The number of aromatic nitrogens is 8. The summed E-state index contributed by atoms with van der Waals surface area (Å²) in [7, 11) is 17.0. The van der Waals surface area contributed by atoms with Gasteiger partial charge in [-0.2, -0.15) is 0 Å². The van der Waals surface area contributed by atoms with Crippen molar-refractivity contribution >= 4 is 0 Å². The Labute approximate surface area is 631 Å². The molecule has 1 aliphatic carbocycles. The molecule has 4 aromatic carbocycles. The summed E-state index contributed by atoms with van der Waals surface area (Å²) in [5.74, 6) is 0. The molecule has 8 nitrogen and oxygen atoms in total. The Morgan fingerprint density at radius 2 is 0.629 bits per heavy atom. The van der Waals surface area contributed by atoms with Gasteiger partial charge in [0.2, 0.25) is 45.6 Å². The summed E-state index contributed by atoms with van der Waals surface area (Å²) in [6, 6.07) is 68.0. The molecule has 105 heavy (non-hydrogen) atoms. The zero-order valence-electron chi connectivity index (χ0n) is 68.2. The molecule has 540 valence electrons. The van der Waals surface area contributed by atoms with E-state index in [1.807, 2.05) is 0 Å². The normalized spacial score (nSPS) is 12.9. The van der Waals surface area contributed by atoms with E-state index >= 15 is 0 Å². The van der Waals surface area contributed by atoms with Crippen LogP contribution in [0.3, 0.4) is 0 Å². The van der Waals surface area contributed by atoms with Gasteiger partial charge in [0.1, 0.15) is 56.4 Å². The molecule has 0 N–H and O–H groups in total. The summed E-state index contributed by atoms with van der Waals surface area (Å²) in [5.41, 5.74) is 34.0. The standard InChI is InChI=1S/C25H30N2.3C24H30N2/c1-17-18(21-12-8-9-15-26(21)6)13-14-19-22(17)23-20(11-10-16-27(23)7)25(4,5)24(19,2)3;1-18-20(21-11-7-9-15-25(21)5)14-13-19(17-24(2,3)4)23(18)22-12-8-10-16-26(22)6;1-18-20(22-12-7-8-15-25(22)5)10-9-11-21(18)23-14-13-19(17-26(23)6)16-24(2,3)4;1-18-20(22-12-7-8-14-25(22)5)10-9-11-21(18)23-16-19(13-15-26(23)6)17-24(2,3)4/h8-16H,1-7H3;7-16H,17H2,1-6H3;7-15,17H,16H2,1-6H3;7-16H,17H2,1-6H3/q4*+2. The molecular weight excluding hydrogens is 1280 g/mol. The second-order valence-corrected chi connectivity index (χ2v) is 34.3. The predicted molar refractivity (Wildman–Crippen MR) is 433 cm³/mol. The van der Waals surface area contributed by atoms with E-state index in [-0.39, 0.29) is 21.7 Å². The molecule has 13 rings (SSSR count). The Morgan fingerprint density at radius 1 is 0.267 bits per heavy atom. The van der Waals surface area contributed by atoms with Crippen LogP contribution in [0.2, 0.25) is 0 Å². The van der Waals surface area contributed by atoms with Crippen LogP contribution in [-0.2, 0) is 86.5 Å². The summed E-state index contributed by atoms with van der Waals surface area (Å²) in [6.45, 7) is 39.2. The van der Waals surface area contributed by atoms with Crippen molar-refractivity contribution in [1.29, 1.82) is 0 Å². The fourth-order valence-corrected chi connectivity index (χ4v) is 15.7. The van der Waals surface area contributed by atoms with Crippen LogP contribution in [0.25, 0.3) is 90.1 Å². The first-order valence-electron chi connectivity index (χ1n) is 37.7. The van der Waals surface area contributed by atoms with Crippen LogP contribution in [0.4, 0.5) is 0 Å². The maximum Gasteiger partial charge on any atom is 0.216 e. The average molecular weight is 1400 g/mol. The summed E-state index contributed by atoms with van der Waals surface area (Å²) >= 11 is 0. The van der Waals surface area contributed by atoms with Gasteiger partial charge in [0.05, 0.1) is 11.1 Å². The third kappa shape index (κ3) is 17.2. The summed E-state index contributed by atoms with van der Waals surface area (Å²) in [4.78, 5) is 0. The number of pyridine rings is 8. The van der Waals surface area contributed by atoms with Gasteiger partial charge in [0, 0.05) is 135 Å². The zero-order valence-corrected chi connectivity index (χ0v) is 68.2. The van der Waals surface area contributed by atoms with Gasteiger partial charge < -0.3 is 0 Å². The first-order valence-corrected chi connectivity index (χ1v) is 37.7. The lowest BCUT2D eigenvalue weighted by molar-refractivity contribution is -0.661. The minimum Gasteiger partial charge on any atom is -0.201 e. The number of aryl methyl sites for hydroxylation is 8. The second-order valence-electron chi connectivity index (χ2n) is 34.3. The van der Waals surface area contributed by atoms with Crippen molar-refractivity contribution in [3.05, 3.63) is 288 Å². The Bertz CT molecular complexity index is 5140. The predicted octanol–water partition coefficient (Wildman–Crippen LogP) is 18.2. The zero-order chi connectivity index (χ0) is 76.3. The number of nitrogens with zero attached hydrogens (tertiary/aromatic N) is 8. The van der Waals surface area contributed by atoms with E-state index in [9.17, 15) is 0 Å². The summed E-state index contributed by atoms with van der Waals surface area (Å²) in [6.07, 6.45) is 20.4. The average Bonchev–Trinajstić information content (AvgIpc) is 0.700. The van der Waals surface area contributed by atoms with E-state index in [0.717, 1.165) is 19.3 Å². The first kappa shape index (κ1) is 77.7. The van der Waals surface area contributed by atoms with Gasteiger partial charge in [-0.3, -0.25) is 0 Å². The third-order valence-electron chi connectivity index (χ3n) is 21.8. The van der Waals surface area contributed by atoms with Gasteiger partial charge in [0.15, 0.2) is 49.6 Å². The van der Waals surface area contributed by atoms with Crippen molar-refractivity contribution < 1.29 is 36.5 Å². The highest BCUT2D eigenvalue weighted by atomic mass is 15.0. The molecule has 12 aromatic rings. The van der Waals surface area contributed by atoms with Crippen molar-refractivity contribution in [2.24, 2.45) is 72.6 Å². The van der Waals surface area contributed by atoms with Crippen LogP contribution < -0.4 is 36.5 Å². The molecule has 0 spiro atoms. The number of hydrogen-bond donors (Lipinski definition) is 0. The second kappa shape index (κ2) is 31.4. The fourth-order valence-electron chi connectivity index (χ4n) is 15.7. The lowest BCUT2D eigenvalue weighted by Gasteiger charge is -2.47. The molecule has 0 aliphatic heterocycles. The molecule has 8 heterocycles. The first-order chi connectivity index (χ1) is 49.5. The van der Waals surface area contributed by atoms with Crippen molar-refractivity contribution in [3.63, 3.8) is 0 Å². The molecule has 0 fully saturated rings. The molecule has 0 amide bonds. The number of benzene rings is 4. The SMILES string of the molecule is Cc1c(-c2cccc[n+]2C)ccc(CC(C)(C)C)c1-c1cccc[n+]1C.Cc1c(-c2cccc[n+]2C)ccc2c1-c1c(ccc[n+]1C)C(C)(C)C2(C)C.Cc1c(-c2cccc[n+]2C)cccc1-c1cc(CC(C)(C)C)cc[n+]1C.Cc1c(-c2cccc[n+]2C)cccc1-c1ccc(CC(C)(C)C)c[n+]1C. The van der Waals surface area contributed by atoms with Crippen molar-refractivity contribution in [3.8, 4) is 90.1 Å². The molecule has 0 radical (unpaired) electrons. The Morgan fingerprint density at radius 3 is 1.06 bits per heavy atom. The minimum absolute atomic E-state index is 0.0475. The van der Waals surface area contributed by atoms with Crippen LogP contribution >= 0.6 is 0 Å². The fraction of sp³-hybridized carbons (Fsp3) is 0.340. The minimum atomic E-state index is 0.0475. The lowest BCUT2D eigenvalue weighted by Crippen LogP contribution is -2.48. The highest BCUT2D eigenvalue weighted by molar-refractivity contribution is 5.82. The molecule has 0 saturated carbocycles. The highest BCUT2D eigenvalue weighted by Gasteiger charge is 2.50. The van der Waals surface area contributed by atoms with Gasteiger partial charge in [-0.15, -0.1) is 0 Å². The molecular formula is C97H120N8+8. The smallest absolute Gasteiger partial charge is 0.201 e. The largest absolute Gasteiger partial charge is 0.216 e. The third-order valence-corrected chi connectivity index (χ3v) is 21.8. The number of hydrogen-bond acceptors (Lipinski definition) is 0.